The Hall–Kier alpha value is -3.47. The molecule has 0 spiro atoms. The predicted octanol–water partition coefficient (Wildman–Crippen LogP) is 2.96. The summed E-state index contributed by atoms with van der Waals surface area (Å²) in [6, 6.07) is 20.7. The highest BCUT2D eigenvalue weighted by Crippen LogP contribution is 2.18. The maximum atomic E-state index is 12.3. The number of nitrogens with zero attached hydrogens (tertiary/aromatic N) is 1. The zero-order valence-corrected chi connectivity index (χ0v) is 13.6. The molecule has 0 saturated heterocycles. The van der Waals surface area contributed by atoms with Crippen molar-refractivity contribution in [1.29, 1.82) is 5.41 Å². The summed E-state index contributed by atoms with van der Waals surface area (Å²) >= 11 is 0. The van der Waals surface area contributed by atoms with E-state index in [4.69, 9.17) is 11.1 Å². The van der Waals surface area contributed by atoms with E-state index in [-0.39, 0.29) is 11.7 Å². The second-order valence-corrected chi connectivity index (χ2v) is 5.59. The zero-order chi connectivity index (χ0) is 17.6. The molecule has 124 valence electrons. The first kappa shape index (κ1) is 16.4. The van der Waals surface area contributed by atoms with Crippen LogP contribution in [0.4, 0.5) is 0 Å². The van der Waals surface area contributed by atoms with E-state index in [0.29, 0.717) is 17.8 Å². The number of amidine groups is 1. The standard InChI is InChI=1S/C20H18N4O/c21-19(22)16-8-6-14(7-9-16)13-24-20(25)18-12-17(10-11-23-18)15-4-2-1-3-5-15/h1-12H,13H2,(H3,21,22)(H,24,25). The van der Waals surface area contributed by atoms with E-state index in [2.05, 4.69) is 10.3 Å². The lowest BCUT2D eigenvalue weighted by Gasteiger charge is -2.07. The number of rotatable bonds is 5. The first-order valence-corrected chi connectivity index (χ1v) is 7.86. The average molecular weight is 330 g/mol. The van der Waals surface area contributed by atoms with Gasteiger partial charge in [0.25, 0.3) is 5.91 Å². The molecule has 1 amide bonds. The van der Waals surface area contributed by atoms with E-state index in [0.717, 1.165) is 16.7 Å². The second-order valence-electron chi connectivity index (χ2n) is 5.59. The number of pyridine rings is 1. The molecule has 3 rings (SSSR count). The summed E-state index contributed by atoms with van der Waals surface area (Å²) in [6.45, 7) is 0.383. The van der Waals surface area contributed by atoms with Crippen LogP contribution in [0.15, 0.2) is 72.9 Å². The van der Waals surface area contributed by atoms with E-state index in [9.17, 15) is 4.79 Å². The number of nitrogens with two attached hydrogens (primary N) is 1. The molecule has 0 bridgehead atoms. The highest BCUT2D eigenvalue weighted by Gasteiger charge is 2.08. The molecule has 1 heterocycles. The lowest BCUT2D eigenvalue weighted by atomic mass is 10.1. The monoisotopic (exact) mass is 330 g/mol. The SMILES string of the molecule is N=C(N)c1ccc(CNC(=O)c2cc(-c3ccccc3)ccn2)cc1. The molecule has 0 atom stereocenters. The Labute approximate surface area is 146 Å². The molecule has 1 aromatic heterocycles. The maximum Gasteiger partial charge on any atom is 0.270 e. The fourth-order valence-corrected chi connectivity index (χ4v) is 2.44. The molecule has 5 nitrogen and oxygen atoms in total. The third kappa shape index (κ3) is 4.09. The van der Waals surface area contributed by atoms with Crippen molar-refractivity contribution in [2.75, 3.05) is 0 Å². The van der Waals surface area contributed by atoms with E-state index < -0.39 is 0 Å². The van der Waals surface area contributed by atoms with Crippen molar-refractivity contribution in [3.8, 4) is 11.1 Å². The number of carbonyl (C=O) groups excluding carboxylic acids is 1. The number of nitrogens with one attached hydrogen (secondary N) is 2. The molecular weight excluding hydrogens is 312 g/mol. The van der Waals surface area contributed by atoms with Crippen molar-refractivity contribution in [3.63, 3.8) is 0 Å². The number of carbonyl (C=O) groups is 1. The van der Waals surface area contributed by atoms with Gasteiger partial charge in [-0.3, -0.25) is 15.2 Å². The fourth-order valence-electron chi connectivity index (χ4n) is 2.44. The van der Waals surface area contributed by atoms with Crippen LogP contribution in [0, 0.1) is 5.41 Å². The molecule has 0 radical (unpaired) electrons. The van der Waals surface area contributed by atoms with Gasteiger partial charge in [-0.05, 0) is 28.8 Å². The Morgan fingerprint density at radius 2 is 1.72 bits per heavy atom. The Morgan fingerprint density at radius 1 is 1.00 bits per heavy atom. The van der Waals surface area contributed by atoms with Gasteiger partial charge in [0.15, 0.2) is 0 Å². The number of hydrogen-bond donors (Lipinski definition) is 3. The third-order valence-electron chi connectivity index (χ3n) is 3.82. The molecule has 3 aromatic rings. The van der Waals surface area contributed by atoms with Gasteiger partial charge >= 0.3 is 0 Å². The van der Waals surface area contributed by atoms with Crippen molar-refractivity contribution >= 4 is 11.7 Å². The van der Waals surface area contributed by atoms with Gasteiger partial charge in [0.1, 0.15) is 11.5 Å². The van der Waals surface area contributed by atoms with E-state index in [1.165, 1.54) is 0 Å². The summed E-state index contributed by atoms with van der Waals surface area (Å²) in [6.07, 6.45) is 1.64. The van der Waals surface area contributed by atoms with Crippen molar-refractivity contribution in [1.82, 2.24) is 10.3 Å². The minimum absolute atomic E-state index is 0.0255. The summed E-state index contributed by atoms with van der Waals surface area (Å²) in [5.41, 5.74) is 9.38. The van der Waals surface area contributed by atoms with E-state index in [1.54, 1.807) is 24.4 Å². The van der Waals surface area contributed by atoms with Gasteiger partial charge in [0, 0.05) is 18.3 Å². The fraction of sp³-hybridized carbons (Fsp3) is 0.0500. The van der Waals surface area contributed by atoms with Crippen LogP contribution in [-0.4, -0.2) is 16.7 Å². The Morgan fingerprint density at radius 3 is 2.40 bits per heavy atom. The predicted molar refractivity (Wildman–Crippen MR) is 98.3 cm³/mol. The summed E-state index contributed by atoms with van der Waals surface area (Å²) < 4.78 is 0. The number of nitrogen functional groups attached to an aromatic ring is 1. The average Bonchev–Trinajstić information content (AvgIpc) is 2.67. The molecule has 2 aromatic carbocycles. The molecule has 0 unspecified atom stereocenters. The van der Waals surface area contributed by atoms with Gasteiger partial charge < -0.3 is 11.1 Å². The maximum absolute atomic E-state index is 12.3. The Kier molecular flexibility index (Phi) is 4.85. The zero-order valence-electron chi connectivity index (χ0n) is 13.6. The van der Waals surface area contributed by atoms with Crippen LogP contribution >= 0.6 is 0 Å². The summed E-state index contributed by atoms with van der Waals surface area (Å²) in [7, 11) is 0. The van der Waals surface area contributed by atoms with E-state index in [1.807, 2.05) is 48.5 Å². The Bertz CT molecular complexity index is 889. The first-order valence-electron chi connectivity index (χ1n) is 7.86. The van der Waals surface area contributed by atoms with Crippen LogP contribution in [0.5, 0.6) is 0 Å². The number of benzene rings is 2. The number of hydrogen-bond acceptors (Lipinski definition) is 3. The molecule has 0 saturated carbocycles. The normalized spacial score (nSPS) is 10.2. The molecule has 0 fully saturated rings. The highest BCUT2D eigenvalue weighted by molar-refractivity contribution is 5.95. The quantitative estimate of drug-likeness (QED) is 0.496. The van der Waals surface area contributed by atoms with Crippen LogP contribution in [0.25, 0.3) is 11.1 Å². The van der Waals surface area contributed by atoms with Crippen molar-refractivity contribution in [2.24, 2.45) is 5.73 Å². The van der Waals surface area contributed by atoms with Crippen molar-refractivity contribution in [2.45, 2.75) is 6.54 Å². The highest BCUT2D eigenvalue weighted by atomic mass is 16.1. The van der Waals surface area contributed by atoms with E-state index >= 15 is 0 Å². The largest absolute Gasteiger partial charge is 0.384 e. The number of amides is 1. The minimum atomic E-state index is -0.228. The Balaban J connectivity index is 1.68. The van der Waals surface area contributed by atoms with Gasteiger partial charge in [-0.1, -0.05) is 54.6 Å². The second kappa shape index (κ2) is 7.40. The lowest BCUT2D eigenvalue weighted by molar-refractivity contribution is 0.0946. The topological polar surface area (TPSA) is 91.9 Å². The minimum Gasteiger partial charge on any atom is -0.384 e. The summed E-state index contributed by atoms with van der Waals surface area (Å²) in [5.74, 6) is -0.203. The van der Waals surface area contributed by atoms with Crippen LogP contribution in [0.2, 0.25) is 0 Å². The summed E-state index contributed by atoms with van der Waals surface area (Å²) in [4.78, 5) is 16.5. The molecule has 0 aliphatic carbocycles. The van der Waals surface area contributed by atoms with Gasteiger partial charge in [0.2, 0.25) is 0 Å². The van der Waals surface area contributed by atoms with Gasteiger partial charge in [-0.15, -0.1) is 0 Å². The molecular formula is C20H18N4O. The first-order chi connectivity index (χ1) is 12.1. The third-order valence-corrected chi connectivity index (χ3v) is 3.82. The van der Waals surface area contributed by atoms with Gasteiger partial charge in [-0.2, -0.15) is 0 Å². The van der Waals surface area contributed by atoms with Crippen LogP contribution < -0.4 is 11.1 Å². The molecule has 4 N–H and O–H groups in total. The molecule has 5 heteroatoms. The van der Waals surface area contributed by atoms with Crippen molar-refractivity contribution in [3.05, 3.63) is 89.7 Å². The van der Waals surface area contributed by atoms with Gasteiger partial charge in [0.05, 0.1) is 0 Å². The van der Waals surface area contributed by atoms with Gasteiger partial charge in [-0.25, -0.2) is 0 Å². The van der Waals surface area contributed by atoms with Crippen molar-refractivity contribution < 1.29 is 4.79 Å². The lowest BCUT2D eigenvalue weighted by Crippen LogP contribution is -2.23. The summed E-state index contributed by atoms with van der Waals surface area (Å²) in [5, 5.41) is 10.2. The van der Waals surface area contributed by atoms with Crippen LogP contribution in [-0.2, 0) is 6.54 Å². The molecule has 25 heavy (non-hydrogen) atoms. The smallest absolute Gasteiger partial charge is 0.270 e. The van der Waals surface area contributed by atoms with Crippen LogP contribution in [0.1, 0.15) is 21.6 Å². The molecule has 0 aliphatic heterocycles. The number of aromatic nitrogens is 1. The van der Waals surface area contributed by atoms with Crippen LogP contribution in [0.3, 0.4) is 0 Å². The molecule has 0 aliphatic rings.